The van der Waals surface area contributed by atoms with E-state index in [0.29, 0.717) is 44.4 Å². The van der Waals surface area contributed by atoms with Gasteiger partial charge in [0, 0.05) is 63.5 Å². The first-order valence-corrected chi connectivity index (χ1v) is 11.3. The molecule has 176 valence electrons. The number of anilines is 2. The SMILES string of the molecule is COc1ccc(N2CC(C(=O)N3CCN(c4ccc(-c5noc(C)n5)cn4)CC3)CC2=O)cc1. The van der Waals surface area contributed by atoms with Gasteiger partial charge in [-0.1, -0.05) is 5.16 Å². The van der Waals surface area contributed by atoms with Gasteiger partial charge in [-0.05, 0) is 36.4 Å². The standard InChI is InChI=1S/C24H26N6O4/c1-16-26-23(27-34-16)17-3-8-21(25-14-17)28-9-11-29(12-10-28)24(32)18-13-22(31)30(15-18)19-4-6-20(33-2)7-5-19/h3-8,14,18H,9-13,15H2,1-2H3. The molecule has 2 aromatic heterocycles. The van der Waals surface area contributed by atoms with Crippen LogP contribution in [-0.2, 0) is 9.59 Å². The van der Waals surface area contributed by atoms with Crippen molar-refractivity contribution >= 4 is 23.3 Å². The predicted molar refractivity (Wildman–Crippen MR) is 125 cm³/mol. The van der Waals surface area contributed by atoms with E-state index in [1.807, 2.05) is 41.3 Å². The van der Waals surface area contributed by atoms with Crippen LogP contribution in [0.2, 0.25) is 0 Å². The Morgan fingerprint density at radius 2 is 1.85 bits per heavy atom. The highest BCUT2D eigenvalue weighted by atomic mass is 16.5. The minimum Gasteiger partial charge on any atom is -0.497 e. The number of aryl methyl sites for hydroxylation is 1. The van der Waals surface area contributed by atoms with Crippen LogP contribution in [0, 0.1) is 12.8 Å². The summed E-state index contributed by atoms with van der Waals surface area (Å²) in [6, 6.07) is 11.2. The molecular formula is C24H26N6O4. The second-order valence-corrected chi connectivity index (χ2v) is 8.46. The average Bonchev–Trinajstić information content (AvgIpc) is 3.49. The predicted octanol–water partition coefficient (Wildman–Crippen LogP) is 2.15. The molecule has 0 N–H and O–H groups in total. The molecule has 2 aliphatic rings. The number of benzene rings is 1. The van der Waals surface area contributed by atoms with E-state index in [9.17, 15) is 9.59 Å². The van der Waals surface area contributed by atoms with Crippen molar-refractivity contribution in [2.24, 2.45) is 5.92 Å². The molecule has 3 aromatic rings. The summed E-state index contributed by atoms with van der Waals surface area (Å²) < 4.78 is 10.2. The molecule has 5 rings (SSSR count). The summed E-state index contributed by atoms with van der Waals surface area (Å²) >= 11 is 0. The van der Waals surface area contributed by atoms with Crippen LogP contribution in [0.25, 0.3) is 11.4 Å². The quantitative estimate of drug-likeness (QED) is 0.568. The smallest absolute Gasteiger partial charge is 0.228 e. The number of hydrogen-bond acceptors (Lipinski definition) is 8. The Kier molecular flexibility index (Phi) is 5.87. The van der Waals surface area contributed by atoms with Gasteiger partial charge in [-0.25, -0.2) is 4.98 Å². The molecule has 10 nitrogen and oxygen atoms in total. The molecule has 4 heterocycles. The number of hydrogen-bond donors (Lipinski definition) is 0. The highest BCUT2D eigenvalue weighted by molar-refractivity contribution is 6.00. The summed E-state index contributed by atoms with van der Waals surface area (Å²) in [5.74, 6) is 2.30. The number of piperazine rings is 1. The van der Waals surface area contributed by atoms with Crippen molar-refractivity contribution in [3.05, 3.63) is 48.5 Å². The number of ether oxygens (including phenoxy) is 1. The van der Waals surface area contributed by atoms with Gasteiger partial charge < -0.3 is 24.0 Å². The molecule has 2 fully saturated rings. The summed E-state index contributed by atoms with van der Waals surface area (Å²) in [5.41, 5.74) is 1.58. The summed E-state index contributed by atoms with van der Waals surface area (Å²) in [4.78, 5) is 40.2. The van der Waals surface area contributed by atoms with E-state index < -0.39 is 0 Å². The fraction of sp³-hybridized carbons (Fsp3) is 0.375. The van der Waals surface area contributed by atoms with Crippen LogP contribution in [0.1, 0.15) is 12.3 Å². The van der Waals surface area contributed by atoms with Crippen molar-refractivity contribution in [3.63, 3.8) is 0 Å². The van der Waals surface area contributed by atoms with E-state index in [4.69, 9.17) is 9.26 Å². The van der Waals surface area contributed by atoms with Crippen LogP contribution in [0.4, 0.5) is 11.5 Å². The van der Waals surface area contributed by atoms with Gasteiger partial charge in [-0.2, -0.15) is 4.98 Å². The highest BCUT2D eigenvalue weighted by Gasteiger charge is 2.38. The monoisotopic (exact) mass is 462 g/mol. The molecule has 34 heavy (non-hydrogen) atoms. The number of rotatable bonds is 5. The normalized spacial score (nSPS) is 18.5. The maximum Gasteiger partial charge on any atom is 0.228 e. The summed E-state index contributed by atoms with van der Waals surface area (Å²) in [7, 11) is 1.60. The van der Waals surface area contributed by atoms with Gasteiger partial charge in [-0.15, -0.1) is 0 Å². The third kappa shape index (κ3) is 4.30. The van der Waals surface area contributed by atoms with Gasteiger partial charge in [0.2, 0.25) is 23.5 Å². The zero-order chi connectivity index (χ0) is 23.7. The zero-order valence-electron chi connectivity index (χ0n) is 19.2. The Balaban J connectivity index is 1.17. The number of carbonyl (C=O) groups excluding carboxylic acids is 2. The lowest BCUT2D eigenvalue weighted by molar-refractivity contribution is -0.136. The topological polar surface area (TPSA) is 105 Å². The van der Waals surface area contributed by atoms with E-state index >= 15 is 0 Å². The van der Waals surface area contributed by atoms with Gasteiger partial charge >= 0.3 is 0 Å². The van der Waals surface area contributed by atoms with Crippen molar-refractivity contribution in [3.8, 4) is 17.1 Å². The molecule has 1 unspecified atom stereocenters. The Hall–Kier alpha value is -3.95. The van der Waals surface area contributed by atoms with E-state index in [1.165, 1.54) is 0 Å². The van der Waals surface area contributed by atoms with Crippen LogP contribution >= 0.6 is 0 Å². The Bertz CT molecular complexity index is 1170. The third-order valence-electron chi connectivity index (χ3n) is 6.31. The first-order valence-electron chi connectivity index (χ1n) is 11.3. The minimum atomic E-state index is -0.322. The van der Waals surface area contributed by atoms with Crippen LogP contribution in [0.3, 0.4) is 0 Å². The lowest BCUT2D eigenvalue weighted by Gasteiger charge is -2.36. The molecule has 2 aliphatic heterocycles. The lowest BCUT2D eigenvalue weighted by Crippen LogP contribution is -2.51. The number of carbonyl (C=O) groups is 2. The molecule has 0 aliphatic carbocycles. The Labute approximate surface area is 197 Å². The molecule has 0 bridgehead atoms. The number of amides is 2. The molecule has 1 aromatic carbocycles. The number of nitrogens with zero attached hydrogens (tertiary/aromatic N) is 6. The number of methoxy groups -OCH3 is 1. The Morgan fingerprint density at radius 3 is 2.47 bits per heavy atom. The van der Waals surface area contributed by atoms with Crippen molar-refractivity contribution in [2.75, 3.05) is 49.6 Å². The molecule has 2 saturated heterocycles. The van der Waals surface area contributed by atoms with Gasteiger partial charge in [0.15, 0.2) is 0 Å². The first-order chi connectivity index (χ1) is 16.5. The van der Waals surface area contributed by atoms with E-state index in [-0.39, 0.29) is 24.2 Å². The number of aromatic nitrogens is 3. The average molecular weight is 463 g/mol. The summed E-state index contributed by atoms with van der Waals surface area (Å²) in [6.45, 7) is 4.71. The largest absolute Gasteiger partial charge is 0.497 e. The molecule has 0 spiro atoms. The van der Waals surface area contributed by atoms with Crippen molar-refractivity contribution < 1.29 is 18.8 Å². The molecule has 1 atom stereocenters. The van der Waals surface area contributed by atoms with E-state index in [2.05, 4.69) is 20.0 Å². The van der Waals surface area contributed by atoms with Crippen molar-refractivity contribution in [1.29, 1.82) is 0 Å². The van der Waals surface area contributed by atoms with Crippen LogP contribution < -0.4 is 14.5 Å². The second-order valence-electron chi connectivity index (χ2n) is 8.46. The molecular weight excluding hydrogens is 436 g/mol. The van der Waals surface area contributed by atoms with E-state index in [0.717, 1.165) is 22.8 Å². The maximum atomic E-state index is 13.1. The lowest BCUT2D eigenvalue weighted by atomic mass is 10.1. The molecule has 0 radical (unpaired) electrons. The van der Waals surface area contributed by atoms with Gasteiger partial charge in [-0.3, -0.25) is 9.59 Å². The summed E-state index contributed by atoms with van der Waals surface area (Å²) in [6.07, 6.45) is 1.97. The molecule has 0 saturated carbocycles. The van der Waals surface area contributed by atoms with Gasteiger partial charge in [0.25, 0.3) is 0 Å². The highest BCUT2D eigenvalue weighted by Crippen LogP contribution is 2.28. The van der Waals surface area contributed by atoms with Crippen LogP contribution in [0.5, 0.6) is 5.75 Å². The molecule has 10 heteroatoms. The van der Waals surface area contributed by atoms with Crippen molar-refractivity contribution in [1.82, 2.24) is 20.0 Å². The van der Waals surface area contributed by atoms with Crippen LogP contribution in [-0.4, -0.2) is 71.7 Å². The van der Waals surface area contributed by atoms with Gasteiger partial charge in [0.1, 0.15) is 11.6 Å². The first kappa shape index (κ1) is 21.9. The van der Waals surface area contributed by atoms with Gasteiger partial charge in [0.05, 0.1) is 13.0 Å². The minimum absolute atomic E-state index is 0.0248. The molecule has 2 amide bonds. The van der Waals surface area contributed by atoms with Crippen LogP contribution in [0.15, 0.2) is 47.1 Å². The van der Waals surface area contributed by atoms with Crippen molar-refractivity contribution in [2.45, 2.75) is 13.3 Å². The summed E-state index contributed by atoms with van der Waals surface area (Å²) in [5, 5.41) is 3.92. The second kappa shape index (κ2) is 9.12. The zero-order valence-corrected chi connectivity index (χ0v) is 19.2. The fourth-order valence-corrected chi connectivity index (χ4v) is 4.42. The third-order valence-corrected chi connectivity index (χ3v) is 6.31. The maximum absolute atomic E-state index is 13.1. The number of pyridine rings is 1. The fourth-order valence-electron chi connectivity index (χ4n) is 4.42. The Morgan fingerprint density at radius 1 is 1.09 bits per heavy atom. The van der Waals surface area contributed by atoms with E-state index in [1.54, 1.807) is 25.1 Å².